The maximum atomic E-state index is 14.9. The fourth-order valence-corrected chi connectivity index (χ4v) is 12.0. The number of urea groups is 1. The number of nitrogen functional groups attached to an aromatic ring is 1. The van der Waals surface area contributed by atoms with Gasteiger partial charge in [0.2, 0.25) is 76.8 Å². The van der Waals surface area contributed by atoms with Crippen LogP contribution in [0.25, 0.3) is 10.9 Å². The number of rotatable bonds is 35. The number of benzene rings is 2. The van der Waals surface area contributed by atoms with E-state index in [9.17, 15) is 121 Å². The number of hydrogen-bond donors (Lipinski definition) is 23. The van der Waals surface area contributed by atoms with Crippen molar-refractivity contribution in [2.45, 2.75) is 216 Å². The highest BCUT2D eigenvalue weighted by molar-refractivity contribution is 6.05. The Bertz CT molecular complexity index is 4100. The monoisotopic (exact) mass is 1650 g/mol. The minimum absolute atomic E-state index is 0.0964. The molecule has 642 valence electrons. The Morgan fingerprint density at radius 1 is 0.547 bits per heavy atom. The number of carboxylic acids is 4. The number of hydrogen-bond acceptors (Lipinski definition) is 24. The summed E-state index contributed by atoms with van der Waals surface area (Å²) < 4.78 is 5.69. The van der Waals surface area contributed by atoms with Crippen LogP contribution in [0.5, 0.6) is 0 Å². The normalized spacial score (nSPS) is 21.3. The number of fused-ring (bicyclic) bond motifs is 1. The summed E-state index contributed by atoms with van der Waals surface area (Å²) in [7, 11) is 0. The number of cyclic esters (lactones) is 1. The van der Waals surface area contributed by atoms with Crippen molar-refractivity contribution in [1.82, 2.24) is 79.4 Å². The number of Topliss-reactive ketones (excluding diaryl/α,β-unsaturated/α-hetero) is 1. The first-order chi connectivity index (χ1) is 55.2. The number of carbonyl (C=O) groups excluding carboxylic acids is 16. The van der Waals surface area contributed by atoms with Gasteiger partial charge in [-0.3, -0.25) is 86.3 Å². The molecule has 1 fully saturated rings. The van der Waals surface area contributed by atoms with Crippen molar-refractivity contribution in [3.8, 4) is 0 Å². The third-order valence-electron chi connectivity index (χ3n) is 18.2. The maximum Gasteiger partial charge on any atom is 0.329 e. The summed E-state index contributed by atoms with van der Waals surface area (Å²) in [5.41, 5.74) is 18.1. The summed E-state index contributed by atoms with van der Waals surface area (Å²) >= 11 is 0. The highest BCUT2D eigenvalue weighted by atomic mass is 16.5. The minimum atomic E-state index is -2.46. The Balaban J connectivity index is 1.87. The van der Waals surface area contributed by atoms with Gasteiger partial charge < -0.3 is 127 Å². The zero-order chi connectivity index (χ0) is 87.3. The highest BCUT2D eigenvalue weighted by Gasteiger charge is 2.41. The molecule has 14 atom stereocenters. The van der Waals surface area contributed by atoms with Crippen LogP contribution in [0.15, 0.2) is 54.7 Å². The fourth-order valence-electron chi connectivity index (χ4n) is 12.0. The third kappa shape index (κ3) is 33.2. The SMILES string of the molecule is CCCCCCCCC(C)NC(=O)NC(Cc1c[nH]c2ccccc12)C(=O)NC(CC(N)=O)C(=O)NC(CC(=O)O)C(=O)NC1C(=O)NCC(=O)NC(CCCN)C(=O)NC(CC(=O)O)C(=O)NC(C)C(=O)NC(CC(=O)O)C(=O)NCC(=O)NC(CO)C(=O)NC(C(C)CC(=O)O)C(=O)NC(CC(=O)c2ccccc2N)C(=O)OC1C. The van der Waals surface area contributed by atoms with Crippen molar-refractivity contribution >= 4 is 135 Å². The molecule has 117 heavy (non-hydrogen) atoms. The fraction of sp³-hybridized carbons (Fsp3) is 0.534. The maximum absolute atomic E-state index is 14.9. The van der Waals surface area contributed by atoms with Gasteiger partial charge in [-0.2, -0.15) is 0 Å². The van der Waals surface area contributed by atoms with Crippen LogP contribution in [0, 0.1) is 5.92 Å². The number of aromatic amines is 1. The van der Waals surface area contributed by atoms with E-state index in [2.05, 4.69) is 70.4 Å². The number of nitrogens with one attached hydrogen (secondary N) is 15. The molecule has 14 unspecified atom stereocenters. The van der Waals surface area contributed by atoms with Crippen LogP contribution in [-0.4, -0.2) is 254 Å². The Hall–Kier alpha value is -12.9. The van der Waals surface area contributed by atoms with E-state index in [0.717, 1.165) is 59.3 Å². The first-order valence-electron chi connectivity index (χ1n) is 37.5. The molecule has 2 aromatic carbocycles. The van der Waals surface area contributed by atoms with Gasteiger partial charge >= 0.3 is 35.9 Å². The number of carboxylic acid groups (broad SMARTS) is 4. The van der Waals surface area contributed by atoms with Gasteiger partial charge in [0, 0.05) is 47.2 Å². The average molecular weight is 1650 g/mol. The lowest BCUT2D eigenvalue weighted by atomic mass is 9.96. The van der Waals surface area contributed by atoms with E-state index >= 15 is 0 Å². The van der Waals surface area contributed by atoms with Crippen molar-refractivity contribution in [2.24, 2.45) is 17.4 Å². The molecular weight excluding hydrogens is 1540 g/mol. The topological polar surface area (TPSA) is 714 Å². The average Bonchev–Trinajstić information content (AvgIpc) is 1.72. The van der Waals surface area contributed by atoms with Crippen molar-refractivity contribution in [2.75, 3.05) is 32.0 Å². The van der Waals surface area contributed by atoms with Crippen molar-refractivity contribution < 1.29 is 126 Å². The quantitative estimate of drug-likeness (QED) is 0.0113. The van der Waals surface area contributed by atoms with Crippen LogP contribution in [0.1, 0.15) is 147 Å². The van der Waals surface area contributed by atoms with E-state index in [-0.39, 0.29) is 30.6 Å². The molecule has 0 radical (unpaired) electrons. The molecule has 3 aromatic rings. The van der Waals surface area contributed by atoms with E-state index in [1.54, 1.807) is 37.4 Å². The van der Waals surface area contributed by atoms with Crippen LogP contribution in [0.3, 0.4) is 0 Å². The number of esters is 1. The zero-order valence-electron chi connectivity index (χ0n) is 65.0. The number of aliphatic hydroxyl groups is 1. The number of aromatic nitrogens is 1. The number of aliphatic hydroxyl groups excluding tert-OH is 1. The number of carbonyl (C=O) groups is 20. The number of nitrogens with two attached hydrogens (primary N) is 3. The molecule has 0 spiro atoms. The van der Waals surface area contributed by atoms with Gasteiger partial charge in [-0.05, 0) is 76.3 Å². The van der Waals surface area contributed by atoms with E-state index < -0.39 is 268 Å². The molecule has 0 bridgehead atoms. The van der Waals surface area contributed by atoms with Crippen LogP contribution < -0.4 is 91.6 Å². The van der Waals surface area contributed by atoms with Crippen LogP contribution in [0.4, 0.5) is 10.5 Å². The Morgan fingerprint density at radius 3 is 1.70 bits per heavy atom. The minimum Gasteiger partial charge on any atom is -0.481 e. The molecule has 26 N–H and O–H groups in total. The number of amides is 15. The molecule has 1 aliphatic rings. The van der Waals surface area contributed by atoms with Gasteiger partial charge in [0.15, 0.2) is 5.78 Å². The Labute approximate surface area is 669 Å². The molecule has 1 saturated heterocycles. The second kappa shape index (κ2) is 48.3. The lowest BCUT2D eigenvalue weighted by Gasteiger charge is -2.30. The molecular formula is C73H104N18O26. The number of H-pyrrole nitrogens is 1. The van der Waals surface area contributed by atoms with E-state index in [1.807, 2.05) is 16.0 Å². The number of aliphatic carboxylic acids is 4. The van der Waals surface area contributed by atoms with Crippen LogP contribution in [-0.2, 0) is 97.5 Å². The molecule has 0 aliphatic carbocycles. The van der Waals surface area contributed by atoms with E-state index in [0.29, 0.717) is 22.9 Å². The second-order valence-corrected chi connectivity index (χ2v) is 27.9. The molecule has 4 rings (SSSR count). The Morgan fingerprint density at radius 2 is 1.09 bits per heavy atom. The predicted octanol–water partition coefficient (Wildman–Crippen LogP) is -5.44. The van der Waals surface area contributed by atoms with Gasteiger partial charge in [0.25, 0.3) is 0 Å². The number of unbranched alkanes of at least 4 members (excludes halogenated alkanes) is 5. The largest absolute Gasteiger partial charge is 0.481 e. The van der Waals surface area contributed by atoms with Crippen molar-refractivity contribution in [3.63, 3.8) is 0 Å². The molecule has 44 heteroatoms. The standard InChI is InChI=1S/C73H104N18O26/c1-6-7-8-9-10-11-17-36(3)80-73(116)89-45(25-39-31-77-43-21-15-13-18-40(39)43)66(109)85-46(27-53(76)94)67(110)87-49(30-59(103)104)68(111)91-61-38(5)117-72(115)50(26-52(93)41-19-12-14-20-42(41)75)88-71(114)60(35(2)24-56(97)98)90-69(112)51(34-92)83-55(96)32-78-63(106)47(28-57(99)100)84-62(105)37(4)81-65(108)48(29-58(101)102)86-64(107)44(22-16-23-74)82-54(95)33-79-70(61)113/h12-15,18-21,31,35-38,44-51,60-61,77,92H,6-11,16-17,22-30,32-34,74-75H2,1-5H3,(H2,76,94)(H,78,106)(H,79,113)(H,81,108)(H,82,95)(H,83,96)(H,84,105)(H,85,109)(H,86,107)(H,87,110)(H,88,114)(H,90,112)(H,91,111)(H,97,98)(H,99,100)(H,101,102)(H,103,104)(H2,80,89,116). The number of primary amides is 1. The summed E-state index contributed by atoms with van der Waals surface area (Å²) in [4.78, 5) is 277. The third-order valence-corrected chi connectivity index (χ3v) is 18.2. The van der Waals surface area contributed by atoms with Crippen LogP contribution in [0.2, 0.25) is 0 Å². The van der Waals surface area contributed by atoms with Crippen molar-refractivity contribution in [3.05, 3.63) is 65.9 Å². The van der Waals surface area contributed by atoms with E-state index in [4.69, 9.17) is 21.9 Å². The first-order valence-corrected chi connectivity index (χ1v) is 37.5. The number of para-hydroxylation sites is 2. The molecule has 15 amide bonds. The second-order valence-electron chi connectivity index (χ2n) is 27.9. The number of ketones is 1. The van der Waals surface area contributed by atoms with Gasteiger partial charge in [-0.1, -0.05) is 82.7 Å². The van der Waals surface area contributed by atoms with Gasteiger partial charge in [0.05, 0.1) is 51.8 Å². The lowest BCUT2D eigenvalue weighted by molar-refractivity contribution is -0.156. The van der Waals surface area contributed by atoms with Gasteiger partial charge in [-0.25, -0.2) is 9.59 Å². The molecule has 1 aromatic heterocycles. The zero-order valence-corrected chi connectivity index (χ0v) is 65.0. The van der Waals surface area contributed by atoms with Gasteiger partial charge in [-0.15, -0.1) is 0 Å². The number of ether oxygens (including phenoxy) is 1. The summed E-state index contributed by atoms with van der Waals surface area (Å²) in [6, 6.07) is -11.9. The summed E-state index contributed by atoms with van der Waals surface area (Å²) in [5, 5.41) is 81.4. The number of anilines is 1. The Kier molecular flexibility index (Phi) is 39.9. The molecule has 0 saturated carbocycles. The summed E-state index contributed by atoms with van der Waals surface area (Å²) in [6.45, 7) is 2.87. The first kappa shape index (κ1) is 96.5. The lowest BCUT2D eigenvalue weighted by Crippen LogP contribution is -2.62. The smallest absolute Gasteiger partial charge is 0.329 e. The predicted molar refractivity (Wildman–Crippen MR) is 409 cm³/mol. The molecule has 1 aliphatic heterocycles. The van der Waals surface area contributed by atoms with Crippen LogP contribution >= 0.6 is 0 Å². The summed E-state index contributed by atoms with van der Waals surface area (Å²) in [5.74, 6) is -29.3. The van der Waals surface area contributed by atoms with Crippen molar-refractivity contribution in [1.29, 1.82) is 0 Å². The molecule has 2 heterocycles. The summed E-state index contributed by atoms with van der Waals surface area (Å²) in [6.07, 6.45) is -2.04. The molecule has 44 nitrogen and oxygen atoms in total. The van der Waals surface area contributed by atoms with Gasteiger partial charge in [0.1, 0.15) is 72.6 Å². The highest BCUT2D eigenvalue weighted by Crippen LogP contribution is 2.21. The van der Waals surface area contributed by atoms with E-state index in [1.165, 1.54) is 24.3 Å².